The molecule has 0 saturated carbocycles. The van der Waals surface area contributed by atoms with Crippen molar-refractivity contribution in [3.05, 3.63) is 53.3 Å². The van der Waals surface area contributed by atoms with Gasteiger partial charge in [-0.1, -0.05) is 6.92 Å². The van der Waals surface area contributed by atoms with Crippen LogP contribution in [0.1, 0.15) is 53.8 Å². The van der Waals surface area contributed by atoms with E-state index < -0.39 is 10.8 Å². The summed E-state index contributed by atoms with van der Waals surface area (Å²) in [6.45, 7) is 2.71. The number of nitrogens with zero attached hydrogens (tertiary/aromatic N) is 1. The number of carbonyl (C=O) groups is 2. The summed E-state index contributed by atoms with van der Waals surface area (Å²) < 4.78 is 18.9. The average molecular weight is 373 g/mol. The van der Waals surface area contributed by atoms with Gasteiger partial charge in [0.05, 0.1) is 29.5 Å². The van der Waals surface area contributed by atoms with Gasteiger partial charge in [-0.25, -0.2) is 0 Å². The number of methoxy groups -OCH3 is 1. The molecule has 1 aromatic carbocycles. The first-order chi connectivity index (χ1) is 12.6. The third-order valence-electron chi connectivity index (χ3n) is 4.73. The molecule has 5 nitrogen and oxygen atoms in total. The van der Waals surface area contributed by atoms with Crippen LogP contribution in [0.4, 0.5) is 0 Å². The summed E-state index contributed by atoms with van der Waals surface area (Å²) in [5.41, 5.74) is 1.98. The highest BCUT2D eigenvalue weighted by atomic mass is 32.2. The Morgan fingerprint density at radius 3 is 2.58 bits per heavy atom. The molecule has 3 rings (SSSR count). The van der Waals surface area contributed by atoms with Crippen LogP contribution in [-0.2, 0) is 26.9 Å². The highest BCUT2D eigenvalue weighted by Gasteiger charge is 2.30. The summed E-state index contributed by atoms with van der Waals surface area (Å²) in [6, 6.07) is 10.6. The number of hydrogen-bond acceptors (Lipinski definition) is 4. The summed E-state index contributed by atoms with van der Waals surface area (Å²) in [5, 5.41) is 0. The summed E-state index contributed by atoms with van der Waals surface area (Å²) in [6.07, 6.45) is 2.42. The van der Waals surface area contributed by atoms with Crippen LogP contribution in [0.25, 0.3) is 0 Å². The second kappa shape index (κ2) is 7.99. The molecule has 2 unspecified atom stereocenters. The molecule has 138 valence electrons. The predicted octanol–water partition coefficient (Wildman–Crippen LogP) is 3.29. The highest BCUT2D eigenvalue weighted by Crippen LogP contribution is 2.31. The fraction of sp³-hybridized carbons (Fsp3) is 0.400. The van der Waals surface area contributed by atoms with Gasteiger partial charge in [0.1, 0.15) is 0 Å². The van der Waals surface area contributed by atoms with Crippen molar-refractivity contribution >= 4 is 22.6 Å². The molecule has 0 aliphatic carbocycles. The second-order valence-corrected chi connectivity index (χ2v) is 7.99. The minimum Gasteiger partial charge on any atom is -0.469 e. The van der Waals surface area contributed by atoms with Gasteiger partial charge in [-0.15, -0.1) is 0 Å². The van der Waals surface area contributed by atoms with Crippen LogP contribution in [0.5, 0.6) is 0 Å². The molecule has 6 heteroatoms. The number of hydrogen-bond donors (Lipinski definition) is 0. The largest absolute Gasteiger partial charge is 0.469 e. The number of ketones is 1. The smallest absolute Gasteiger partial charge is 0.314 e. The topological polar surface area (TPSA) is 65.4 Å². The quantitative estimate of drug-likeness (QED) is 0.576. The Morgan fingerprint density at radius 2 is 1.92 bits per heavy atom. The van der Waals surface area contributed by atoms with E-state index >= 15 is 0 Å². The Labute approximate surface area is 155 Å². The fourth-order valence-corrected chi connectivity index (χ4v) is 4.47. The molecule has 1 aliphatic rings. The van der Waals surface area contributed by atoms with E-state index in [-0.39, 0.29) is 17.7 Å². The third-order valence-corrected chi connectivity index (χ3v) is 6.31. The molecule has 2 heterocycles. The number of aromatic nitrogens is 1. The molecule has 0 radical (unpaired) electrons. The van der Waals surface area contributed by atoms with Gasteiger partial charge in [-0.3, -0.25) is 13.8 Å². The van der Waals surface area contributed by atoms with E-state index in [0.29, 0.717) is 17.0 Å². The van der Waals surface area contributed by atoms with Crippen LogP contribution < -0.4 is 0 Å². The summed E-state index contributed by atoms with van der Waals surface area (Å²) in [5.74, 6) is -0.0384. The first-order valence-electron chi connectivity index (χ1n) is 8.87. The van der Waals surface area contributed by atoms with E-state index in [1.54, 1.807) is 30.3 Å². The number of carbonyl (C=O) groups excluding carboxylic acids is 2. The van der Waals surface area contributed by atoms with Crippen molar-refractivity contribution in [2.75, 3.05) is 12.9 Å². The van der Waals surface area contributed by atoms with Crippen molar-refractivity contribution in [3.8, 4) is 0 Å². The van der Waals surface area contributed by atoms with Gasteiger partial charge >= 0.3 is 5.97 Å². The minimum absolute atomic E-state index is 0.0883. The Morgan fingerprint density at radius 1 is 1.19 bits per heavy atom. The van der Waals surface area contributed by atoms with Crippen molar-refractivity contribution < 1.29 is 18.5 Å². The maximum absolute atomic E-state index is 12.9. The molecule has 0 fully saturated rings. The average Bonchev–Trinajstić information content (AvgIpc) is 3.11. The van der Waals surface area contributed by atoms with Crippen molar-refractivity contribution in [2.24, 2.45) is 0 Å². The molecule has 2 aromatic rings. The van der Waals surface area contributed by atoms with E-state index in [1.165, 1.54) is 7.11 Å². The van der Waals surface area contributed by atoms with E-state index in [1.807, 2.05) is 17.6 Å². The first kappa shape index (κ1) is 18.6. The lowest BCUT2D eigenvalue weighted by Crippen LogP contribution is -2.24. The van der Waals surface area contributed by atoms with Gasteiger partial charge in [0.2, 0.25) is 5.78 Å². The fourth-order valence-electron chi connectivity index (χ4n) is 3.43. The van der Waals surface area contributed by atoms with E-state index in [2.05, 4.69) is 0 Å². The SMILES string of the molecule is CCCS(=O)c1ccc(C(=O)c2ccc3n2CCCC3C(=O)OC)cc1. The predicted molar refractivity (Wildman–Crippen MR) is 99.9 cm³/mol. The normalized spacial score (nSPS) is 17.4. The van der Waals surface area contributed by atoms with Gasteiger partial charge in [0.25, 0.3) is 0 Å². The zero-order valence-electron chi connectivity index (χ0n) is 15.1. The van der Waals surface area contributed by atoms with E-state index in [4.69, 9.17) is 4.74 Å². The first-order valence-corrected chi connectivity index (χ1v) is 10.2. The van der Waals surface area contributed by atoms with Crippen LogP contribution in [0.3, 0.4) is 0 Å². The zero-order valence-corrected chi connectivity index (χ0v) is 15.9. The molecule has 0 spiro atoms. The number of benzene rings is 1. The lowest BCUT2D eigenvalue weighted by Gasteiger charge is -2.24. The lowest BCUT2D eigenvalue weighted by molar-refractivity contribution is -0.143. The van der Waals surface area contributed by atoms with Crippen molar-refractivity contribution in [1.29, 1.82) is 0 Å². The minimum atomic E-state index is -1.02. The summed E-state index contributed by atoms with van der Waals surface area (Å²) in [4.78, 5) is 25.6. The number of ether oxygens (including phenoxy) is 1. The van der Waals surface area contributed by atoms with Crippen LogP contribution in [0, 0.1) is 0 Å². The Hall–Kier alpha value is -2.21. The van der Waals surface area contributed by atoms with Gasteiger partial charge < -0.3 is 9.30 Å². The van der Waals surface area contributed by atoms with Crippen molar-refractivity contribution in [2.45, 2.75) is 43.5 Å². The zero-order chi connectivity index (χ0) is 18.7. The summed E-state index contributed by atoms with van der Waals surface area (Å²) in [7, 11) is 0.367. The van der Waals surface area contributed by atoms with E-state index in [9.17, 15) is 13.8 Å². The maximum Gasteiger partial charge on any atom is 0.314 e. The van der Waals surface area contributed by atoms with Crippen molar-refractivity contribution in [3.63, 3.8) is 0 Å². The van der Waals surface area contributed by atoms with Gasteiger partial charge in [0.15, 0.2) is 0 Å². The van der Waals surface area contributed by atoms with Gasteiger partial charge in [-0.2, -0.15) is 0 Å². The van der Waals surface area contributed by atoms with Crippen LogP contribution >= 0.6 is 0 Å². The molecule has 0 amide bonds. The lowest BCUT2D eigenvalue weighted by atomic mass is 9.96. The molecular weight excluding hydrogens is 350 g/mol. The number of esters is 1. The Bertz CT molecular complexity index is 838. The van der Waals surface area contributed by atoms with Gasteiger partial charge in [-0.05, 0) is 55.7 Å². The monoisotopic (exact) mass is 373 g/mol. The molecule has 0 bridgehead atoms. The molecule has 1 aliphatic heterocycles. The Balaban J connectivity index is 1.86. The number of rotatable bonds is 6. The van der Waals surface area contributed by atoms with Crippen LogP contribution in [0.2, 0.25) is 0 Å². The van der Waals surface area contributed by atoms with Crippen LogP contribution in [0.15, 0.2) is 41.3 Å². The van der Waals surface area contributed by atoms with E-state index in [0.717, 1.165) is 36.4 Å². The maximum atomic E-state index is 12.9. The molecule has 26 heavy (non-hydrogen) atoms. The molecule has 2 atom stereocenters. The summed E-state index contributed by atoms with van der Waals surface area (Å²) >= 11 is 0. The Kier molecular flexibility index (Phi) is 5.71. The van der Waals surface area contributed by atoms with Gasteiger partial charge in [0, 0.05) is 28.5 Å². The molecule has 0 N–H and O–H groups in total. The second-order valence-electron chi connectivity index (χ2n) is 6.42. The highest BCUT2D eigenvalue weighted by molar-refractivity contribution is 7.85. The van der Waals surface area contributed by atoms with Crippen LogP contribution in [-0.4, -0.2) is 33.4 Å². The number of fused-ring (bicyclic) bond motifs is 1. The molecular formula is C20H23NO4S. The standard InChI is InChI=1S/C20H23NO4S/c1-3-13-26(24)15-8-6-14(7-9-15)19(22)18-11-10-17-16(20(23)25-2)5-4-12-21(17)18/h6-11,16H,3-5,12-13H2,1-2H3. The molecule has 0 saturated heterocycles. The molecule has 1 aromatic heterocycles. The van der Waals surface area contributed by atoms with Crippen molar-refractivity contribution in [1.82, 2.24) is 4.57 Å². The third kappa shape index (κ3) is 3.51.